The zero-order chi connectivity index (χ0) is 13.1. The standard InChI is InChI=1S/C12H15F2NO2/c1-3-17-11(16)12(13,14)10(15)9-6-4-5-8(2)7-9/h4-7,10H,3,15H2,1-2H3/t10-/m1/s1. The van der Waals surface area contributed by atoms with Crippen LogP contribution in [-0.2, 0) is 9.53 Å². The Morgan fingerprint density at radius 3 is 2.71 bits per heavy atom. The van der Waals surface area contributed by atoms with Crippen molar-refractivity contribution in [1.82, 2.24) is 0 Å². The molecule has 0 aliphatic heterocycles. The van der Waals surface area contributed by atoms with E-state index in [0.29, 0.717) is 0 Å². The van der Waals surface area contributed by atoms with Crippen LogP contribution in [-0.4, -0.2) is 18.5 Å². The Bertz CT molecular complexity index is 407. The summed E-state index contributed by atoms with van der Waals surface area (Å²) in [5, 5.41) is 0. The van der Waals surface area contributed by atoms with E-state index in [0.717, 1.165) is 5.56 Å². The number of hydrogen-bond acceptors (Lipinski definition) is 3. The van der Waals surface area contributed by atoms with E-state index in [1.54, 1.807) is 19.1 Å². The van der Waals surface area contributed by atoms with Gasteiger partial charge in [0.05, 0.1) is 6.61 Å². The van der Waals surface area contributed by atoms with Crippen molar-refractivity contribution < 1.29 is 18.3 Å². The Morgan fingerprint density at radius 2 is 2.18 bits per heavy atom. The highest BCUT2D eigenvalue weighted by molar-refractivity contribution is 5.78. The number of carbonyl (C=O) groups is 1. The van der Waals surface area contributed by atoms with Crippen molar-refractivity contribution in [2.24, 2.45) is 5.73 Å². The van der Waals surface area contributed by atoms with Crippen LogP contribution in [0.3, 0.4) is 0 Å². The molecule has 0 saturated heterocycles. The molecule has 1 aromatic rings. The molecule has 5 heteroatoms. The van der Waals surface area contributed by atoms with Gasteiger partial charge in [-0.25, -0.2) is 4.79 Å². The van der Waals surface area contributed by atoms with Gasteiger partial charge in [0.2, 0.25) is 0 Å². The minimum absolute atomic E-state index is 0.102. The summed E-state index contributed by atoms with van der Waals surface area (Å²) in [5.74, 6) is -5.31. The molecule has 0 aliphatic rings. The molecular formula is C12H15F2NO2. The van der Waals surface area contributed by atoms with Crippen LogP contribution in [0.1, 0.15) is 24.1 Å². The SMILES string of the molecule is CCOC(=O)C(F)(F)[C@H](N)c1cccc(C)c1. The fraction of sp³-hybridized carbons (Fsp3) is 0.417. The molecule has 2 N–H and O–H groups in total. The number of esters is 1. The third kappa shape index (κ3) is 3.00. The van der Waals surface area contributed by atoms with E-state index in [-0.39, 0.29) is 12.2 Å². The molecule has 0 spiro atoms. The lowest BCUT2D eigenvalue weighted by molar-refractivity contribution is -0.174. The number of benzene rings is 1. The molecule has 1 rings (SSSR count). The third-order valence-electron chi connectivity index (χ3n) is 2.34. The molecule has 0 bridgehead atoms. The van der Waals surface area contributed by atoms with Crippen LogP contribution in [0.4, 0.5) is 8.78 Å². The maximum absolute atomic E-state index is 13.6. The van der Waals surface area contributed by atoms with E-state index in [9.17, 15) is 13.6 Å². The number of rotatable bonds is 4. The first kappa shape index (κ1) is 13.6. The van der Waals surface area contributed by atoms with Crippen molar-refractivity contribution >= 4 is 5.97 Å². The first-order chi connectivity index (χ1) is 7.89. The smallest absolute Gasteiger partial charge is 0.379 e. The summed E-state index contributed by atoms with van der Waals surface area (Å²) in [7, 11) is 0. The minimum Gasteiger partial charge on any atom is -0.462 e. The van der Waals surface area contributed by atoms with Gasteiger partial charge in [-0.15, -0.1) is 0 Å². The van der Waals surface area contributed by atoms with Gasteiger partial charge < -0.3 is 10.5 Å². The Labute approximate surface area is 98.6 Å². The summed E-state index contributed by atoms with van der Waals surface area (Å²) in [4.78, 5) is 11.1. The molecule has 0 radical (unpaired) electrons. The number of alkyl halides is 2. The predicted octanol–water partition coefficient (Wildman–Crippen LogP) is 2.19. The Kier molecular flexibility index (Phi) is 4.17. The van der Waals surface area contributed by atoms with Crippen LogP contribution < -0.4 is 5.73 Å². The average Bonchev–Trinajstić information content (AvgIpc) is 2.28. The minimum atomic E-state index is -3.72. The number of hydrogen-bond donors (Lipinski definition) is 1. The van der Waals surface area contributed by atoms with Crippen molar-refractivity contribution in [2.45, 2.75) is 25.8 Å². The predicted molar refractivity (Wildman–Crippen MR) is 59.7 cm³/mol. The number of aryl methyl sites for hydroxylation is 1. The fourth-order valence-corrected chi connectivity index (χ4v) is 1.43. The van der Waals surface area contributed by atoms with Gasteiger partial charge in [-0.05, 0) is 19.4 Å². The Balaban J connectivity index is 2.95. The lowest BCUT2D eigenvalue weighted by atomic mass is 10.00. The normalized spacial score (nSPS) is 13.2. The van der Waals surface area contributed by atoms with E-state index in [4.69, 9.17) is 5.73 Å². The highest BCUT2D eigenvalue weighted by Crippen LogP contribution is 2.30. The Hall–Kier alpha value is -1.49. The molecule has 0 fully saturated rings. The third-order valence-corrected chi connectivity index (χ3v) is 2.34. The molecule has 0 amide bonds. The van der Waals surface area contributed by atoms with E-state index < -0.39 is 17.9 Å². The van der Waals surface area contributed by atoms with Gasteiger partial charge in [0.25, 0.3) is 0 Å². The molecule has 0 saturated carbocycles. The van der Waals surface area contributed by atoms with Crippen molar-refractivity contribution in [3.63, 3.8) is 0 Å². The molecule has 0 aromatic heterocycles. The van der Waals surface area contributed by atoms with Gasteiger partial charge in [0, 0.05) is 0 Å². The molecule has 0 aliphatic carbocycles. The largest absolute Gasteiger partial charge is 0.462 e. The quantitative estimate of drug-likeness (QED) is 0.825. The molecule has 0 heterocycles. The second kappa shape index (κ2) is 5.23. The zero-order valence-corrected chi connectivity index (χ0v) is 9.74. The van der Waals surface area contributed by atoms with E-state index in [1.165, 1.54) is 19.1 Å². The van der Waals surface area contributed by atoms with Crippen LogP contribution in [0.25, 0.3) is 0 Å². The van der Waals surface area contributed by atoms with Crippen molar-refractivity contribution in [3.05, 3.63) is 35.4 Å². The lowest BCUT2D eigenvalue weighted by Gasteiger charge is -2.22. The number of ether oxygens (including phenoxy) is 1. The van der Waals surface area contributed by atoms with Crippen LogP contribution in [0.5, 0.6) is 0 Å². The topological polar surface area (TPSA) is 52.3 Å². The van der Waals surface area contributed by atoms with Crippen molar-refractivity contribution in [2.75, 3.05) is 6.61 Å². The molecule has 1 aromatic carbocycles. The zero-order valence-electron chi connectivity index (χ0n) is 9.74. The highest BCUT2D eigenvalue weighted by Gasteiger charge is 2.47. The fourth-order valence-electron chi connectivity index (χ4n) is 1.43. The number of halogens is 2. The molecule has 17 heavy (non-hydrogen) atoms. The Morgan fingerprint density at radius 1 is 1.53 bits per heavy atom. The van der Waals surface area contributed by atoms with Crippen LogP contribution >= 0.6 is 0 Å². The summed E-state index contributed by atoms with van der Waals surface area (Å²) >= 11 is 0. The second-order valence-corrected chi connectivity index (χ2v) is 3.74. The van der Waals surface area contributed by atoms with Crippen LogP contribution in [0.15, 0.2) is 24.3 Å². The van der Waals surface area contributed by atoms with Crippen LogP contribution in [0, 0.1) is 6.92 Å². The maximum atomic E-state index is 13.6. The highest BCUT2D eigenvalue weighted by atomic mass is 19.3. The van der Waals surface area contributed by atoms with Gasteiger partial charge in [0.15, 0.2) is 0 Å². The summed E-state index contributed by atoms with van der Waals surface area (Å²) in [6.45, 7) is 3.12. The average molecular weight is 243 g/mol. The van der Waals surface area contributed by atoms with Gasteiger partial charge in [-0.1, -0.05) is 29.8 Å². The molecule has 1 atom stereocenters. The van der Waals surface area contributed by atoms with Crippen LogP contribution in [0.2, 0.25) is 0 Å². The molecule has 3 nitrogen and oxygen atoms in total. The molecule has 0 unspecified atom stereocenters. The molecule has 94 valence electrons. The first-order valence-corrected chi connectivity index (χ1v) is 5.26. The van der Waals surface area contributed by atoms with Crippen molar-refractivity contribution in [1.29, 1.82) is 0 Å². The lowest BCUT2D eigenvalue weighted by Crippen LogP contribution is -2.41. The molecular weight excluding hydrogens is 228 g/mol. The second-order valence-electron chi connectivity index (χ2n) is 3.74. The summed E-state index contributed by atoms with van der Waals surface area (Å²) < 4.78 is 31.5. The van der Waals surface area contributed by atoms with Crippen molar-refractivity contribution in [3.8, 4) is 0 Å². The van der Waals surface area contributed by atoms with Gasteiger partial charge in [-0.2, -0.15) is 8.78 Å². The first-order valence-electron chi connectivity index (χ1n) is 5.26. The van der Waals surface area contributed by atoms with Gasteiger partial charge in [0.1, 0.15) is 6.04 Å². The van der Waals surface area contributed by atoms with E-state index in [2.05, 4.69) is 4.74 Å². The number of nitrogens with two attached hydrogens (primary N) is 1. The summed E-state index contributed by atoms with van der Waals surface area (Å²) in [6.07, 6.45) is 0. The summed E-state index contributed by atoms with van der Waals surface area (Å²) in [5.41, 5.74) is 6.44. The van der Waals surface area contributed by atoms with E-state index in [1.807, 2.05) is 0 Å². The van der Waals surface area contributed by atoms with Gasteiger partial charge in [-0.3, -0.25) is 0 Å². The summed E-state index contributed by atoms with van der Waals surface area (Å²) in [6, 6.07) is 4.68. The van der Waals surface area contributed by atoms with Gasteiger partial charge >= 0.3 is 11.9 Å². The van der Waals surface area contributed by atoms with E-state index >= 15 is 0 Å². The monoisotopic (exact) mass is 243 g/mol. The number of carbonyl (C=O) groups excluding carboxylic acids is 1. The maximum Gasteiger partial charge on any atom is 0.379 e.